The summed E-state index contributed by atoms with van der Waals surface area (Å²) >= 11 is 0. The van der Waals surface area contributed by atoms with Crippen LogP contribution < -0.4 is 0 Å². The fraction of sp³-hybridized carbons (Fsp3) is 0.467. The summed E-state index contributed by atoms with van der Waals surface area (Å²) in [5.41, 5.74) is 1.12. The maximum absolute atomic E-state index is 12.4. The van der Waals surface area contributed by atoms with Gasteiger partial charge in [0.05, 0.1) is 23.2 Å². The van der Waals surface area contributed by atoms with Crippen LogP contribution in [0.25, 0.3) is 0 Å². The number of nitrogens with zero attached hydrogens (tertiary/aromatic N) is 2. The normalized spacial score (nSPS) is 41.7. The molecular formula is C15H14N2O2. The highest BCUT2D eigenvalue weighted by Crippen LogP contribution is 2.59. The van der Waals surface area contributed by atoms with Crippen molar-refractivity contribution >= 4 is 11.8 Å². The third-order valence-corrected chi connectivity index (χ3v) is 5.35. The Kier molecular flexibility index (Phi) is 1.64. The first-order chi connectivity index (χ1) is 9.27. The van der Waals surface area contributed by atoms with Gasteiger partial charge in [-0.15, -0.1) is 0 Å². The summed E-state index contributed by atoms with van der Waals surface area (Å²) in [5, 5.41) is 3.49. The van der Waals surface area contributed by atoms with Crippen LogP contribution in [0.15, 0.2) is 24.3 Å². The zero-order valence-electron chi connectivity index (χ0n) is 10.5. The molecule has 2 amide bonds. The van der Waals surface area contributed by atoms with E-state index in [1.807, 2.05) is 12.1 Å². The van der Waals surface area contributed by atoms with Gasteiger partial charge in [0.2, 0.25) is 0 Å². The molecule has 4 atom stereocenters. The zero-order chi connectivity index (χ0) is 12.7. The summed E-state index contributed by atoms with van der Waals surface area (Å²) in [5.74, 6) is 1.16. The molecule has 2 heterocycles. The Morgan fingerprint density at radius 2 is 1.42 bits per heavy atom. The van der Waals surface area contributed by atoms with Crippen LogP contribution in [0, 0.1) is 11.8 Å². The smallest absolute Gasteiger partial charge is 0.267 e. The number of carbonyl (C=O) groups excluding carboxylic acids is 2. The van der Waals surface area contributed by atoms with Gasteiger partial charge in [-0.05, 0) is 43.2 Å². The van der Waals surface area contributed by atoms with Crippen molar-refractivity contribution in [3.05, 3.63) is 35.4 Å². The average molecular weight is 254 g/mol. The lowest BCUT2D eigenvalue weighted by atomic mass is 10.0. The summed E-state index contributed by atoms with van der Waals surface area (Å²) in [6, 6.07) is 8.06. The van der Waals surface area contributed by atoms with Gasteiger partial charge in [-0.1, -0.05) is 12.1 Å². The number of hydrogen-bond donors (Lipinski definition) is 0. The second-order valence-corrected chi connectivity index (χ2v) is 6.16. The van der Waals surface area contributed by atoms with E-state index in [2.05, 4.69) is 5.01 Å². The van der Waals surface area contributed by atoms with Crippen molar-refractivity contribution < 1.29 is 9.59 Å². The summed E-state index contributed by atoms with van der Waals surface area (Å²) in [6.07, 6.45) is 3.84. The first-order valence-electron chi connectivity index (χ1n) is 7.03. The fourth-order valence-electron chi connectivity index (χ4n) is 4.57. The molecule has 0 aromatic heterocycles. The summed E-state index contributed by atoms with van der Waals surface area (Å²) < 4.78 is 0. The van der Waals surface area contributed by atoms with E-state index in [0.717, 1.165) is 0 Å². The van der Waals surface area contributed by atoms with E-state index >= 15 is 0 Å². The highest BCUT2D eigenvalue weighted by molar-refractivity contribution is 6.21. The predicted octanol–water partition coefficient (Wildman–Crippen LogP) is 1.68. The van der Waals surface area contributed by atoms with Gasteiger partial charge in [0, 0.05) is 0 Å². The molecule has 0 radical (unpaired) electrons. The highest BCUT2D eigenvalue weighted by Gasteiger charge is 2.68. The summed E-state index contributed by atoms with van der Waals surface area (Å²) in [7, 11) is 0. The average Bonchev–Trinajstić information content (AvgIpc) is 2.77. The van der Waals surface area contributed by atoms with Gasteiger partial charge in [-0.2, -0.15) is 0 Å². The van der Waals surface area contributed by atoms with Gasteiger partial charge in [0.1, 0.15) is 0 Å². The highest BCUT2D eigenvalue weighted by atomic mass is 16.2. The van der Waals surface area contributed by atoms with E-state index in [4.69, 9.17) is 0 Å². The number of fused-ring (bicyclic) bond motifs is 6. The van der Waals surface area contributed by atoms with Crippen molar-refractivity contribution in [1.82, 2.24) is 10.0 Å². The predicted molar refractivity (Wildman–Crippen MR) is 67.2 cm³/mol. The monoisotopic (exact) mass is 254 g/mol. The lowest BCUT2D eigenvalue weighted by molar-refractivity contribution is 0.0288. The van der Waals surface area contributed by atoms with E-state index in [9.17, 15) is 9.59 Å². The second-order valence-electron chi connectivity index (χ2n) is 6.16. The molecule has 1 aromatic carbocycles. The molecule has 4 unspecified atom stereocenters. The van der Waals surface area contributed by atoms with Crippen LogP contribution in [0.1, 0.15) is 40.0 Å². The molecule has 1 saturated heterocycles. The summed E-state index contributed by atoms with van der Waals surface area (Å²) in [4.78, 5) is 24.8. The molecule has 2 aliphatic heterocycles. The van der Waals surface area contributed by atoms with E-state index in [1.165, 1.54) is 24.3 Å². The Bertz CT molecular complexity index is 575. The topological polar surface area (TPSA) is 40.4 Å². The molecule has 0 spiro atoms. The van der Waals surface area contributed by atoms with Crippen LogP contribution in [-0.2, 0) is 0 Å². The van der Waals surface area contributed by atoms with Crippen LogP contribution in [0.5, 0.6) is 0 Å². The first kappa shape index (κ1) is 10.1. The largest absolute Gasteiger partial charge is 0.276 e. The van der Waals surface area contributed by atoms with Crippen LogP contribution in [-0.4, -0.2) is 33.9 Å². The first-order valence-corrected chi connectivity index (χ1v) is 7.03. The molecule has 0 N–H and O–H groups in total. The van der Waals surface area contributed by atoms with E-state index in [1.54, 1.807) is 12.1 Å². The maximum Gasteiger partial charge on any atom is 0.276 e. The molecule has 4 aliphatic rings. The minimum atomic E-state index is -0.130. The van der Waals surface area contributed by atoms with E-state index in [0.29, 0.717) is 35.0 Å². The number of carbonyl (C=O) groups is 2. The van der Waals surface area contributed by atoms with Crippen molar-refractivity contribution in [2.24, 2.45) is 11.8 Å². The van der Waals surface area contributed by atoms with Crippen LogP contribution in [0.3, 0.4) is 0 Å². The number of amides is 2. The van der Waals surface area contributed by atoms with Crippen LogP contribution >= 0.6 is 0 Å². The van der Waals surface area contributed by atoms with Crippen molar-refractivity contribution in [3.8, 4) is 0 Å². The Morgan fingerprint density at radius 3 is 1.95 bits per heavy atom. The summed E-state index contributed by atoms with van der Waals surface area (Å²) in [6.45, 7) is 0. The van der Waals surface area contributed by atoms with Gasteiger partial charge < -0.3 is 0 Å². The van der Waals surface area contributed by atoms with Crippen molar-refractivity contribution in [2.75, 3.05) is 0 Å². The number of hydrogen-bond acceptors (Lipinski definition) is 3. The molecule has 3 fully saturated rings. The minimum absolute atomic E-state index is 0.130. The van der Waals surface area contributed by atoms with Gasteiger partial charge in [0.25, 0.3) is 11.8 Å². The molecule has 4 heteroatoms. The Morgan fingerprint density at radius 1 is 0.895 bits per heavy atom. The van der Waals surface area contributed by atoms with E-state index < -0.39 is 0 Å². The quantitative estimate of drug-likeness (QED) is 0.565. The van der Waals surface area contributed by atoms with E-state index in [-0.39, 0.29) is 11.8 Å². The lowest BCUT2D eigenvalue weighted by Crippen LogP contribution is -2.39. The number of imide groups is 1. The third-order valence-electron chi connectivity index (χ3n) is 5.35. The molecule has 5 rings (SSSR count). The minimum Gasteiger partial charge on any atom is -0.267 e. The van der Waals surface area contributed by atoms with Gasteiger partial charge in [-0.3, -0.25) is 9.59 Å². The molecule has 2 saturated carbocycles. The lowest BCUT2D eigenvalue weighted by Gasteiger charge is -2.20. The maximum atomic E-state index is 12.4. The molecule has 2 bridgehead atoms. The fourth-order valence-corrected chi connectivity index (χ4v) is 4.57. The second kappa shape index (κ2) is 3.07. The number of piperidine rings is 1. The molecule has 1 aromatic rings. The van der Waals surface area contributed by atoms with Crippen molar-refractivity contribution in [3.63, 3.8) is 0 Å². The molecule has 96 valence electrons. The standard InChI is InChI=1S/C15H14N2O2/c18-14-10-3-1-2-4-11(10)15(19)17(14)16-12-8-5-6-9(7-8)13(12)16/h1-4,8-9,12-13H,5-7H2. The van der Waals surface area contributed by atoms with Crippen molar-refractivity contribution in [2.45, 2.75) is 31.3 Å². The Labute approximate surface area is 111 Å². The molecule has 2 aliphatic carbocycles. The number of rotatable bonds is 1. The molecule has 4 nitrogen and oxygen atoms in total. The molecular weight excluding hydrogens is 240 g/mol. The van der Waals surface area contributed by atoms with Gasteiger partial charge in [-0.25, -0.2) is 10.0 Å². The third kappa shape index (κ3) is 1.06. The van der Waals surface area contributed by atoms with Gasteiger partial charge >= 0.3 is 0 Å². The molecule has 19 heavy (non-hydrogen) atoms. The number of hydrazine groups is 1. The Hall–Kier alpha value is -1.68. The van der Waals surface area contributed by atoms with Crippen molar-refractivity contribution in [1.29, 1.82) is 0 Å². The Balaban J connectivity index is 1.53. The SMILES string of the molecule is O=C1c2ccccc2C(=O)N1N1C2C3CCC(C3)C21. The van der Waals surface area contributed by atoms with Crippen LogP contribution in [0.2, 0.25) is 0 Å². The zero-order valence-corrected chi connectivity index (χ0v) is 10.5. The van der Waals surface area contributed by atoms with Gasteiger partial charge in [0.15, 0.2) is 0 Å². The van der Waals surface area contributed by atoms with Crippen LogP contribution in [0.4, 0.5) is 0 Å². The number of benzene rings is 1.